The van der Waals surface area contributed by atoms with E-state index in [0.717, 1.165) is 5.75 Å². The molecule has 0 amide bonds. The molecular formula is C13H19NO3. The number of hydrogen-bond donors (Lipinski definition) is 0. The molecule has 1 aromatic rings. The molecule has 0 fully saturated rings. The molecule has 0 aromatic heterocycles. The number of esters is 1. The number of ether oxygens (including phenoxy) is 2. The number of benzene rings is 1. The first kappa shape index (κ1) is 13.5. The number of rotatable bonds is 5. The summed E-state index contributed by atoms with van der Waals surface area (Å²) >= 11 is 0. The lowest BCUT2D eigenvalue weighted by molar-refractivity contribution is 0.0289. The molecule has 17 heavy (non-hydrogen) atoms. The van der Waals surface area contributed by atoms with Crippen molar-refractivity contribution in [1.82, 2.24) is 4.90 Å². The van der Waals surface area contributed by atoms with Crippen molar-refractivity contribution in [3.05, 3.63) is 29.8 Å². The SMILES string of the molecule is COc1ccc(C(=O)OC(C)CN(C)C)cc1. The second-order valence-electron chi connectivity index (χ2n) is 4.21. The Bertz CT molecular complexity index is 359. The van der Waals surface area contributed by atoms with Crippen LogP contribution in [-0.4, -0.2) is 44.7 Å². The number of methoxy groups -OCH3 is 1. The maximum atomic E-state index is 11.8. The molecule has 0 saturated carbocycles. The molecule has 0 saturated heterocycles. The van der Waals surface area contributed by atoms with Gasteiger partial charge in [0.15, 0.2) is 0 Å². The first-order chi connectivity index (χ1) is 8.02. The maximum Gasteiger partial charge on any atom is 0.338 e. The smallest absolute Gasteiger partial charge is 0.338 e. The Morgan fingerprint density at radius 1 is 1.29 bits per heavy atom. The minimum absolute atomic E-state index is 0.125. The Balaban J connectivity index is 2.57. The second kappa shape index (κ2) is 6.25. The van der Waals surface area contributed by atoms with Crippen LogP contribution in [0.15, 0.2) is 24.3 Å². The molecule has 1 atom stereocenters. The summed E-state index contributed by atoms with van der Waals surface area (Å²) in [5, 5.41) is 0. The van der Waals surface area contributed by atoms with E-state index >= 15 is 0 Å². The minimum atomic E-state index is -0.304. The summed E-state index contributed by atoms with van der Waals surface area (Å²) in [4.78, 5) is 13.7. The van der Waals surface area contributed by atoms with Gasteiger partial charge in [0.05, 0.1) is 12.7 Å². The quantitative estimate of drug-likeness (QED) is 0.732. The summed E-state index contributed by atoms with van der Waals surface area (Å²) in [6, 6.07) is 6.88. The minimum Gasteiger partial charge on any atom is -0.497 e. The van der Waals surface area contributed by atoms with Crippen LogP contribution in [-0.2, 0) is 4.74 Å². The van der Waals surface area contributed by atoms with Gasteiger partial charge in [0.1, 0.15) is 11.9 Å². The van der Waals surface area contributed by atoms with Gasteiger partial charge >= 0.3 is 5.97 Å². The van der Waals surface area contributed by atoms with Crippen LogP contribution >= 0.6 is 0 Å². The van der Waals surface area contributed by atoms with Crippen LogP contribution in [0.1, 0.15) is 17.3 Å². The summed E-state index contributed by atoms with van der Waals surface area (Å²) in [5.41, 5.74) is 0.538. The van der Waals surface area contributed by atoms with Crippen LogP contribution in [0.5, 0.6) is 5.75 Å². The van der Waals surface area contributed by atoms with E-state index in [9.17, 15) is 4.79 Å². The molecule has 4 heteroatoms. The van der Waals surface area contributed by atoms with Gasteiger partial charge in [0, 0.05) is 6.54 Å². The highest BCUT2D eigenvalue weighted by molar-refractivity contribution is 5.89. The molecule has 4 nitrogen and oxygen atoms in total. The van der Waals surface area contributed by atoms with Gasteiger partial charge in [-0.05, 0) is 45.3 Å². The Morgan fingerprint density at radius 3 is 2.35 bits per heavy atom. The summed E-state index contributed by atoms with van der Waals surface area (Å²) in [6.45, 7) is 2.59. The highest BCUT2D eigenvalue weighted by Crippen LogP contribution is 2.12. The van der Waals surface area contributed by atoms with Crippen molar-refractivity contribution in [2.24, 2.45) is 0 Å². The number of hydrogen-bond acceptors (Lipinski definition) is 4. The normalized spacial score (nSPS) is 12.3. The lowest BCUT2D eigenvalue weighted by Gasteiger charge is -2.17. The van der Waals surface area contributed by atoms with Gasteiger partial charge in [-0.1, -0.05) is 0 Å². The summed E-state index contributed by atoms with van der Waals surface area (Å²) in [7, 11) is 5.47. The predicted molar refractivity (Wildman–Crippen MR) is 66.4 cm³/mol. The van der Waals surface area contributed by atoms with Crippen molar-refractivity contribution in [1.29, 1.82) is 0 Å². The van der Waals surface area contributed by atoms with Gasteiger partial charge in [-0.25, -0.2) is 4.79 Å². The molecule has 0 bridgehead atoms. The highest BCUT2D eigenvalue weighted by atomic mass is 16.5. The van der Waals surface area contributed by atoms with E-state index in [-0.39, 0.29) is 12.1 Å². The maximum absolute atomic E-state index is 11.8. The molecule has 0 N–H and O–H groups in total. The van der Waals surface area contributed by atoms with Gasteiger partial charge in [-0.15, -0.1) is 0 Å². The largest absolute Gasteiger partial charge is 0.497 e. The first-order valence-corrected chi connectivity index (χ1v) is 5.52. The fourth-order valence-corrected chi connectivity index (χ4v) is 1.53. The number of carbonyl (C=O) groups excluding carboxylic acids is 1. The van der Waals surface area contributed by atoms with Gasteiger partial charge in [-0.2, -0.15) is 0 Å². The number of likely N-dealkylation sites (N-methyl/N-ethyl adjacent to an activating group) is 1. The van der Waals surface area contributed by atoms with Crippen LogP contribution in [0, 0.1) is 0 Å². The van der Waals surface area contributed by atoms with Crippen LogP contribution in [0.3, 0.4) is 0 Å². The van der Waals surface area contributed by atoms with E-state index in [4.69, 9.17) is 9.47 Å². The molecular weight excluding hydrogens is 218 g/mol. The van der Waals surface area contributed by atoms with Crippen LogP contribution in [0.4, 0.5) is 0 Å². The highest BCUT2D eigenvalue weighted by Gasteiger charge is 2.12. The molecule has 0 radical (unpaired) electrons. The van der Waals surface area contributed by atoms with E-state index in [2.05, 4.69) is 0 Å². The Morgan fingerprint density at radius 2 is 1.88 bits per heavy atom. The lowest BCUT2D eigenvalue weighted by atomic mass is 10.2. The van der Waals surface area contributed by atoms with E-state index in [1.54, 1.807) is 31.4 Å². The Labute approximate surface area is 102 Å². The molecule has 0 aliphatic heterocycles. The van der Waals surface area contributed by atoms with E-state index in [0.29, 0.717) is 12.1 Å². The predicted octanol–water partition coefficient (Wildman–Crippen LogP) is 1.80. The van der Waals surface area contributed by atoms with E-state index in [1.165, 1.54) is 0 Å². The molecule has 0 aliphatic rings. The van der Waals surface area contributed by atoms with Crippen molar-refractivity contribution >= 4 is 5.97 Å². The van der Waals surface area contributed by atoms with Crippen molar-refractivity contribution in [3.63, 3.8) is 0 Å². The van der Waals surface area contributed by atoms with Gasteiger partial charge < -0.3 is 14.4 Å². The molecule has 0 spiro atoms. The molecule has 1 rings (SSSR count). The van der Waals surface area contributed by atoms with Crippen molar-refractivity contribution in [2.45, 2.75) is 13.0 Å². The fraction of sp³-hybridized carbons (Fsp3) is 0.462. The van der Waals surface area contributed by atoms with Gasteiger partial charge in [0.2, 0.25) is 0 Å². The zero-order valence-corrected chi connectivity index (χ0v) is 10.8. The van der Waals surface area contributed by atoms with Crippen LogP contribution in [0.25, 0.3) is 0 Å². The fourth-order valence-electron chi connectivity index (χ4n) is 1.53. The zero-order valence-electron chi connectivity index (χ0n) is 10.8. The van der Waals surface area contributed by atoms with Crippen molar-refractivity contribution < 1.29 is 14.3 Å². The van der Waals surface area contributed by atoms with Gasteiger partial charge in [-0.3, -0.25) is 0 Å². The average molecular weight is 237 g/mol. The van der Waals surface area contributed by atoms with Gasteiger partial charge in [0.25, 0.3) is 0 Å². The van der Waals surface area contributed by atoms with Crippen molar-refractivity contribution in [2.75, 3.05) is 27.7 Å². The van der Waals surface area contributed by atoms with Crippen molar-refractivity contribution in [3.8, 4) is 5.75 Å². The molecule has 94 valence electrons. The summed E-state index contributed by atoms with van der Waals surface area (Å²) in [5.74, 6) is 0.421. The number of nitrogens with zero attached hydrogens (tertiary/aromatic N) is 1. The third kappa shape index (κ3) is 4.44. The summed E-state index contributed by atoms with van der Waals surface area (Å²) < 4.78 is 10.3. The monoisotopic (exact) mass is 237 g/mol. The third-order valence-corrected chi connectivity index (χ3v) is 2.26. The molecule has 1 unspecified atom stereocenters. The first-order valence-electron chi connectivity index (χ1n) is 5.52. The molecule has 0 aliphatic carbocycles. The summed E-state index contributed by atoms with van der Waals surface area (Å²) in [6.07, 6.45) is -0.125. The topological polar surface area (TPSA) is 38.8 Å². The van der Waals surface area contributed by atoms with Crippen LogP contribution in [0.2, 0.25) is 0 Å². The second-order valence-corrected chi connectivity index (χ2v) is 4.21. The Hall–Kier alpha value is -1.55. The number of carbonyl (C=O) groups is 1. The molecule has 1 aromatic carbocycles. The average Bonchev–Trinajstić information content (AvgIpc) is 2.28. The standard InChI is InChI=1S/C13H19NO3/c1-10(9-14(2)3)17-13(15)11-5-7-12(16-4)8-6-11/h5-8,10H,9H2,1-4H3. The zero-order chi connectivity index (χ0) is 12.8. The lowest BCUT2D eigenvalue weighted by Crippen LogP contribution is -2.28. The van der Waals surface area contributed by atoms with E-state index < -0.39 is 0 Å². The third-order valence-electron chi connectivity index (χ3n) is 2.26. The van der Waals surface area contributed by atoms with Crippen LogP contribution < -0.4 is 4.74 Å². The van der Waals surface area contributed by atoms with E-state index in [1.807, 2.05) is 25.9 Å². The molecule has 0 heterocycles. The Kier molecular flexibility index (Phi) is 4.97.